The summed E-state index contributed by atoms with van der Waals surface area (Å²) >= 11 is 0. The van der Waals surface area contributed by atoms with Crippen LogP contribution >= 0.6 is 0 Å². The summed E-state index contributed by atoms with van der Waals surface area (Å²) in [6.45, 7) is 1.67. The highest BCUT2D eigenvalue weighted by molar-refractivity contribution is 7.89. The Labute approximate surface area is 194 Å². The molecule has 13 heteroatoms. The van der Waals surface area contributed by atoms with Crippen molar-refractivity contribution in [3.8, 4) is 11.4 Å². The predicted molar refractivity (Wildman–Crippen MR) is 115 cm³/mol. The quantitative estimate of drug-likeness (QED) is 0.487. The number of sulfonamides is 1. The van der Waals surface area contributed by atoms with Crippen molar-refractivity contribution in [3.63, 3.8) is 0 Å². The molecule has 182 valence electrons. The first-order valence-corrected chi connectivity index (χ1v) is 11.5. The SMILES string of the molecule is C[C@@H](c1ccc(-n2cncn2)cc1)N(C)C(=O)CCNS(=O)(=O)c1ccc(OC(F)(F)F)cc1. The molecule has 0 saturated heterocycles. The van der Waals surface area contributed by atoms with Crippen LogP contribution < -0.4 is 9.46 Å². The smallest absolute Gasteiger partial charge is 0.406 e. The zero-order valence-corrected chi connectivity index (χ0v) is 19.0. The van der Waals surface area contributed by atoms with Crippen molar-refractivity contribution in [2.75, 3.05) is 13.6 Å². The predicted octanol–water partition coefficient (Wildman–Crippen LogP) is 3.05. The van der Waals surface area contributed by atoms with Crippen molar-refractivity contribution in [1.29, 1.82) is 0 Å². The second-order valence-corrected chi connectivity index (χ2v) is 9.05. The van der Waals surface area contributed by atoms with E-state index in [0.717, 1.165) is 35.5 Å². The standard InChI is InChI=1S/C21H22F3N5O4S/c1-15(16-3-5-17(6-4-16)29-14-25-13-26-29)28(2)20(30)11-12-27-34(31,32)19-9-7-18(8-10-19)33-21(22,23)24/h3-10,13-15,27H,11-12H2,1-2H3/t15-/m0/s1. The first-order chi connectivity index (χ1) is 16.0. The second kappa shape index (κ2) is 10.2. The third kappa shape index (κ3) is 6.54. The maximum Gasteiger partial charge on any atom is 0.573 e. The molecule has 0 unspecified atom stereocenters. The Balaban J connectivity index is 1.53. The van der Waals surface area contributed by atoms with E-state index in [4.69, 9.17) is 0 Å². The lowest BCUT2D eigenvalue weighted by atomic mass is 10.1. The number of ether oxygens (including phenoxy) is 1. The largest absolute Gasteiger partial charge is 0.573 e. The number of carbonyl (C=O) groups excluding carboxylic acids is 1. The van der Waals surface area contributed by atoms with Crippen LogP contribution in [0.25, 0.3) is 5.69 Å². The summed E-state index contributed by atoms with van der Waals surface area (Å²) in [5.74, 6) is -0.823. The molecule has 0 radical (unpaired) electrons. The number of nitrogens with zero attached hydrogens (tertiary/aromatic N) is 4. The lowest BCUT2D eigenvalue weighted by molar-refractivity contribution is -0.274. The molecule has 0 fully saturated rings. The van der Waals surface area contributed by atoms with E-state index >= 15 is 0 Å². The van der Waals surface area contributed by atoms with Gasteiger partial charge in [-0.05, 0) is 48.9 Å². The van der Waals surface area contributed by atoms with Gasteiger partial charge in [-0.3, -0.25) is 4.79 Å². The minimum atomic E-state index is -4.87. The zero-order chi connectivity index (χ0) is 24.9. The summed E-state index contributed by atoms with van der Waals surface area (Å²) in [6.07, 6.45) is -1.98. The number of rotatable bonds is 9. The number of aromatic nitrogens is 3. The van der Waals surface area contributed by atoms with E-state index in [9.17, 15) is 26.4 Å². The number of halogens is 3. The molecule has 1 aromatic heterocycles. The number of carbonyl (C=O) groups is 1. The molecule has 1 amide bonds. The molecule has 3 rings (SSSR count). The molecule has 9 nitrogen and oxygen atoms in total. The first-order valence-electron chi connectivity index (χ1n) is 10.0. The number of hydrogen-bond acceptors (Lipinski definition) is 6. The number of amides is 1. The van der Waals surface area contributed by atoms with Crippen molar-refractivity contribution in [2.45, 2.75) is 30.6 Å². The lowest BCUT2D eigenvalue weighted by Gasteiger charge is -2.25. The van der Waals surface area contributed by atoms with Gasteiger partial charge in [-0.1, -0.05) is 12.1 Å². The van der Waals surface area contributed by atoms with Crippen LogP contribution in [0.5, 0.6) is 5.75 Å². The summed E-state index contributed by atoms with van der Waals surface area (Å²) < 4.78 is 69.0. The van der Waals surface area contributed by atoms with Gasteiger partial charge in [0.2, 0.25) is 15.9 Å². The highest BCUT2D eigenvalue weighted by Gasteiger charge is 2.31. The highest BCUT2D eigenvalue weighted by Crippen LogP contribution is 2.24. The summed E-state index contributed by atoms with van der Waals surface area (Å²) in [6, 6.07) is 10.9. The summed E-state index contributed by atoms with van der Waals surface area (Å²) in [5.41, 5.74) is 1.69. The van der Waals surface area contributed by atoms with Crippen molar-refractivity contribution in [2.24, 2.45) is 0 Å². The Bertz CT molecular complexity index is 1200. The molecule has 0 spiro atoms. The minimum absolute atomic E-state index is 0.105. The molecule has 0 bridgehead atoms. The fourth-order valence-corrected chi connectivity index (χ4v) is 4.09. The average Bonchev–Trinajstić information content (AvgIpc) is 3.32. The molecule has 2 aromatic carbocycles. The molecule has 1 N–H and O–H groups in total. The molecular formula is C21H22F3N5O4S. The fourth-order valence-electron chi connectivity index (χ4n) is 3.06. The molecule has 34 heavy (non-hydrogen) atoms. The third-order valence-corrected chi connectivity index (χ3v) is 6.51. The summed E-state index contributed by atoms with van der Waals surface area (Å²) in [5, 5.41) is 4.05. The minimum Gasteiger partial charge on any atom is -0.406 e. The highest BCUT2D eigenvalue weighted by atomic mass is 32.2. The van der Waals surface area contributed by atoms with E-state index in [1.807, 2.05) is 31.2 Å². The van der Waals surface area contributed by atoms with Gasteiger partial charge in [-0.15, -0.1) is 13.2 Å². The van der Waals surface area contributed by atoms with Crippen LogP contribution in [0.3, 0.4) is 0 Å². The van der Waals surface area contributed by atoms with Crippen molar-refractivity contribution >= 4 is 15.9 Å². The average molecular weight is 497 g/mol. The second-order valence-electron chi connectivity index (χ2n) is 7.28. The van der Waals surface area contributed by atoms with Crippen LogP contribution in [-0.2, 0) is 14.8 Å². The van der Waals surface area contributed by atoms with Crippen LogP contribution in [0, 0.1) is 0 Å². The van der Waals surface area contributed by atoms with Gasteiger partial charge in [0.25, 0.3) is 0 Å². The number of alkyl halides is 3. The molecule has 0 aliphatic carbocycles. The van der Waals surface area contributed by atoms with Gasteiger partial charge in [-0.2, -0.15) is 5.10 Å². The van der Waals surface area contributed by atoms with E-state index in [1.165, 1.54) is 11.2 Å². The van der Waals surface area contributed by atoms with E-state index in [0.29, 0.717) is 0 Å². The van der Waals surface area contributed by atoms with Gasteiger partial charge in [0.1, 0.15) is 18.4 Å². The Kier molecular flexibility index (Phi) is 7.57. The molecule has 1 atom stereocenters. The maximum atomic E-state index is 12.6. The van der Waals surface area contributed by atoms with Crippen LogP contribution in [-0.4, -0.2) is 53.9 Å². The maximum absolute atomic E-state index is 12.6. The van der Waals surface area contributed by atoms with Crippen LogP contribution in [0.4, 0.5) is 13.2 Å². The zero-order valence-electron chi connectivity index (χ0n) is 18.2. The van der Waals surface area contributed by atoms with Gasteiger partial charge in [0.05, 0.1) is 16.6 Å². The Morgan fingerprint density at radius 1 is 1.15 bits per heavy atom. The monoisotopic (exact) mass is 497 g/mol. The van der Waals surface area contributed by atoms with Gasteiger partial charge in [0, 0.05) is 20.0 Å². The topological polar surface area (TPSA) is 106 Å². The van der Waals surface area contributed by atoms with Crippen LogP contribution in [0.2, 0.25) is 0 Å². The van der Waals surface area contributed by atoms with Gasteiger partial charge in [0.15, 0.2) is 0 Å². The Hall–Kier alpha value is -3.45. The molecule has 3 aromatic rings. The van der Waals surface area contributed by atoms with Crippen molar-refractivity contribution in [1.82, 2.24) is 24.4 Å². The van der Waals surface area contributed by atoms with E-state index in [-0.39, 0.29) is 29.8 Å². The molecule has 0 aliphatic rings. The molecular weight excluding hydrogens is 475 g/mol. The van der Waals surface area contributed by atoms with Crippen molar-refractivity contribution in [3.05, 3.63) is 66.7 Å². The number of benzene rings is 2. The first kappa shape index (κ1) is 25.2. The summed E-state index contributed by atoms with van der Waals surface area (Å²) in [7, 11) is -2.39. The van der Waals surface area contributed by atoms with Gasteiger partial charge < -0.3 is 9.64 Å². The Morgan fingerprint density at radius 2 is 1.79 bits per heavy atom. The Morgan fingerprint density at radius 3 is 2.35 bits per heavy atom. The van der Waals surface area contributed by atoms with Crippen LogP contribution in [0.15, 0.2) is 66.1 Å². The van der Waals surface area contributed by atoms with Gasteiger partial charge >= 0.3 is 6.36 Å². The van der Waals surface area contributed by atoms with Crippen LogP contribution in [0.1, 0.15) is 24.9 Å². The molecule has 0 aliphatic heterocycles. The van der Waals surface area contributed by atoms with E-state index in [2.05, 4.69) is 19.5 Å². The van der Waals surface area contributed by atoms with E-state index < -0.39 is 22.1 Å². The molecule has 1 heterocycles. The molecule has 0 saturated carbocycles. The third-order valence-electron chi connectivity index (χ3n) is 5.03. The lowest BCUT2D eigenvalue weighted by Crippen LogP contribution is -2.33. The van der Waals surface area contributed by atoms with E-state index in [1.54, 1.807) is 18.1 Å². The summed E-state index contributed by atoms with van der Waals surface area (Å²) in [4.78, 5) is 17.7. The normalized spacial score (nSPS) is 12.9. The van der Waals surface area contributed by atoms with Gasteiger partial charge in [-0.25, -0.2) is 22.8 Å². The van der Waals surface area contributed by atoms with Crippen molar-refractivity contribution < 1.29 is 31.1 Å². The number of nitrogens with one attached hydrogen (secondary N) is 1. The fraction of sp³-hybridized carbons (Fsp3) is 0.286. The number of hydrogen-bond donors (Lipinski definition) is 1.